The van der Waals surface area contributed by atoms with Crippen molar-refractivity contribution in [2.24, 2.45) is 23.7 Å². The van der Waals surface area contributed by atoms with E-state index in [1.54, 1.807) is 0 Å². The lowest BCUT2D eigenvalue weighted by Crippen LogP contribution is -2.31. The van der Waals surface area contributed by atoms with Gasteiger partial charge in [0, 0.05) is 18.9 Å². The fourth-order valence-electron chi connectivity index (χ4n) is 5.86. The minimum atomic E-state index is -0.392. The number of allylic oxidation sites excluding steroid dienone is 2. The highest BCUT2D eigenvalue weighted by atomic mass is 16.7. The van der Waals surface area contributed by atoms with E-state index in [1.165, 1.54) is 25.5 Å². The van der Waals surface area contributed by atoms with Crippen LogP contribution in [0.4, 0.5) is 0 Å². The molecular formula is C28H46O5. The van der Waals surface area contributed by atoms with Gasteiger partial charge in [0.2, 0.25) is 0 Å². The number of hydrogen-bond acceptors (Lipinski definition) is 5. The molecular weight excluding hydrogens is 416 g/mol. The molecule has 0 aromatic heterocycles. The molecule has 0 aromatic carbocycles. The fraction of sp³-hybridized carbons (Fsp3) is 0.821. The molecule has 33 heavy (non-hydrogen) atoms. The molecule has 1 saturated heterocycles. The maximum Gasteiger partial charge on any atom is 0.305 e. The molecule has 3 rings (SSSR count). The van der Waals surface area contributed by atoms with Gasteiger partial charge in [-0.3, -0.25) is 4.79 Å². The van der Waals surface area contributed by atoms with Crippen molar-refractivity contribution in [3.05, 3.63) is 23.8 Å². The van der Waals surface area contributed by atoms with E-state index in [2.05, 4.69) is 26.0 Å². The third-order valence-corrected chi connectivity index (χ3v) is 7.92. The highest BCUT2D eigenvalue weighted by molar-refractivity contribution is 5.69. The lowest BCUT2D eigenvalue weighted by molar-refractivity contribution is -0.193. The zero-order valence-electron chi connectivity index (χ0n) is 21.0. The molecule has 2 aliphatic carbocycles. The van der Waals surface area contributed by atoms with Crippen LogP contribution in [0.15, 0.2) is 23.8 Å². The van der Waals surface area contributed by atoms with E-state index in [1.807, 2.05) is 6.08 Å². The molecule has 0 bridgehead atoms. The summed E-state index contributed by atoms with van der Waals surface area (Å²) < 4.78 is 17.1. The molecule has 2 saturated carbocycles. The Morgan fingerprint density at radius 2 is 2.12 bits per heavy atom. The minimum Gasteiger partial charge on any atom is -0.469 e. The summed E-state index contributed by atoms with van der Waals surface area (Å²) in [6.07, 6.45) is 18.7. The Kier molecular flexibility index (Phi) is 10.9. The zero-order valence-corrected chi connectivity index (χ0v) is 21.0. The monoisotopic (exact) mass is 462 g/mol. The molecule has 0 radical (unpaired) electrons. The number of fused-ring (bicyclic) bond motifs is 1. The number of aliphatic hydroxyl groups excluding tert-OH is 1. The third kappa shape index (κ3) is 7.93. The third-order valence-electron chi connectivity index (χ3n) is 7.92. The van der Waals surface area contributed by atoms with Crippen LogP contribution in [0.2, 0.25) is 0 Å². The van der Waals surface area contributed by atoms with Gasteiger partial charge in [0.1, 0.15) is 0 Å². The first kappa shape index (κ1) is 26.4. The van der Waals surface area contributed by atoms with E-state index in [9.17, 15) is 9.90 Å². The largest absolute Gasteiger partial charge is 0.469 e. The molecule has 3 fully saturated rings. The molecule has 0 aromatic rings. The van der Waals surface area contributed by atoms with Crippen molar-refractivity contribution in [3.63, 3.8) is 0 Å². The standard InChI is InChI=1S/C28H46O5/c1-4-5-10-20(2)25(29)15-14-23-24-18-21(11-6-7-12-27(30)31-3)17-22(24)19-26(23)33-28-13-8-9-16-32-28/h11,14-15,20,22-26,28-29H,4-10,12-13,16-19H2,1-3H3/t20?,22-,23-,24+,25?,26-,28?/m1/s1. The molecule has 7 atom stereocenters. The quantitative estimate of drug-likeness (QED) is 0.220. The molecule has 1 N–H and O–H groups in total. The van der Waals surface area contributed by atoms with Gasteiger partial charge in [0.25, 0.3) is 0 Å². The van der Waals surface area contributed by atoms with Crippen LogP contribution in [-0.4, -0.2) is 43.3 Å². The van der Waals surface area contributed by atoms with Crippen molar-refractivity contribution >= 4 is 5.97 Å². The van der Waals surface area contributed by atoms with Gasteiger partial charge in [-0.1, -0.05) is 50.5 Å². The summed E-state index contributed by atoms with van der Waals surface area (Å²) in [7, 11) is 1.45. The molecule has 0 spiro atoms. The summed E-state index contributed by atoms with van der Waals surface area (Å²) in [6, 6.07) is 0. The number of esters is 1. The second-order valence-electron chi connectivity index (χ2n) is 10.4. The summed E-state index contributed by atoms with van der Waals surface area (Å²) in [5.41, 5.74) is 1.53. The molecule has 3 unspecified atom stereocenters. The van der Waals surface area contributed by atoms with Crippen LogP contribution in [-0.2, 0) is 19.0 Å². The normalized spacial score (nSPS) is 32.8. The van der Waals surface area contributed by atoms with Crippen molar-refractivity contribution in [1.29, 1.82) is 0 Å². The molecule has 5 nitrogen and oxygen atoms in total. The summed E-state index contributed by atoms with van der Waals surface area (Å²) in [6.45, 7) is 5.15. The maximum atomic E-state index is 11.3. The number of ether oxygens (including phenoxy) is 3. The number of carbonyl (C=O) groups is 1. The molecule has 1 aliphatic heterocycles. The van der Waals surface area contributed by atoms with Gasteiger partial charge in [0.15, 0.2) is 6.29 Å². The second-order valence-corrected chi connectivity index (χ2v) is 10.4. The van der Waals surface area contributed by atoms with E-state index in [-0.39, 0.29) is 24.3 Å². The van der Waals surface area contributed by atoms with E-state index < -0.39 is 6.10 Å². The SMILES string of the molecule is CCCCC(C)C(O)C=C[C@@H]1[C@H]2CC(=CCCCC(=O)OC)C[C@@H]2C[C@H]1OC1CCCCO1. The predicted molar refractivity (Wildman–Crippen MR) is 131 cm³/mol. The van der Waals surface area contributed by atoms with Crippen LogP contribution >= 0.6 is 0 Å². The summed E-state index contributed by atoms with van der Waals surface area (Å²) >= 11 is 0. The first-order valence-corrected chi connectivity index (χ1v) is 13.4. The van der Waals surface area contributed by atoms with Crippen LogP contribution in [0.5, 0.6) is 0 Å². The lowest BCUT2D eigenvalue weighted by atomic mass is 9.89. The Hall–Kier alpha value is -1.17. The van der Waals surface area contributed by atoms with E-state index in [0.29, 0.717) is 24.2 Å². The number of hydrogen-bond donors (Lipinski definition) is 1. The predicted octanol–water partition coefficient (Wildman–Crippen LogP) is 5.96. The number of methoxy groups -OCH3 is 1. The van der Waals surface area contributed by atoms with Gasteiger partial charge in [-0.25, -0.2) is 0 Å². The van der Waals surface area contributed by atoms with E-state index in [0.717, 1.165) is 64.4 Å². The summed E-state index contributed by atoms with van der Waals surface area (Å²) in [5, 5.41) is 10.7. The number of aliphatic hydroxyl groups is 1. The van der Waals surface area contributed by atoms with Crippen LogP contribution < -0.4 is 0 Å². The van der Waals surface area contributed by atoms with Crippen molar-refractivity contribution in [3.8, 4) is 0 Å². The van der Waals surface area contributed by atoms with Gasteiger partial charge < -0.3 is 19.3 Å². The Morgan fingerprint density at radius 3 is 2.85 bits per heavy atom. The van der Waals surface area contributed by atoms with E-state index >= 15 is 0 Å². The number of unbranched alkanes of at least 4 members (excludes halogenated alkanes) is 2. The lowest BCUT2D eigenvalue weighted by Gasteiger charge is -2.29. The smallest absolute Gasteiger partial charge is 0.305 e. The minimum absolute atomic E-state index is 0.0692. The Bertz CT molecular complexity index is 651. The van der Waals surface area contributed by atoms with Crippen LogP contribution in [0.3, 0.4) is 0 Å². The number of carbonyl (C=O) groups excluding carboxylic acids is 1. The topological polar surface area (TPSA) is 65.0 Å². The Morgan fingerprint density at radius 1 is 1.27 bits per heavy atom. The molecule has 0 amide bonds. The highest BCUT2D eigenvalue weighted by Gasteiger charge is 2.47. The molecule has 5 heteroatoms. The molecule has 188 valence electrons. The van der Waals surface area contributed by atoms with Crippen molar-refractivity contribution in [2.45, 2.75) is 109 Å². The van der Waals surface area contributed by atoms with Crippen molar-refractivity contribution in [2.75, 3.05) is 13.7 Å². The van der Waals surface area contributed by atoms with Gasteiger partial charge in [-0.2, -0.15) is 0 Å². The number of rotatable bonds is 12. The first-order chi connectivity index (χ1) is 16.0. The van der Waals surface area contributed by atoms with Gasteiger partial charge >= 0.3 is 5.97 Å². The Balaban J connectivity index is 1.61. The van der Waals surface area contributed by atoms with Gasteiger partial charge in [-0.05, 0) is 75.5 Å². The fourth-order valence-corrected chi connectivity index (χ4v) is 5.86. The van der Waals surface area contributed by atoms with Gasteiger partial charge in [0.05, 0.1) is 19.3 Å². The zero-order chi connectivity index (χ0) is 23.6. The van der Waals surface area contributed by atoms with Crippen LogP contribution in [0.1, 0.15) is 90.9 Å². The average Bonchev–Trinajstić information content (AvgIpc) is 3.36. The average molecular weight is 463 g/mol. The van der Waals surface area contributed by atoms with Gasteiger partial charge in [-0.15, -0.1) is 0 Å². The van der Waals surface area contributed by atoms with Crippen LogP contribution in [0.25, 0.3) is 0 Å². The summed E-state index contributed by atoms with van der Waals surface area (Å²) in [4.78, 5) is 11.3. The van der Waals surface area contributed by atoms with E-state index in [4.69, 9.17) is 14.2 Å². The molecule has 3 aliphatic rings. The molecule has 1 heterocycles. The van der Waals surface area contributed by atoms with Crippen molar-refractivity contribution < 1.29 is 24.1 Å². The Labute approximate surface area is 200 Å². The van der Waals surface area contributed by atoms with Crippen LogP contribution in [0, 0.1) is 23.7 Å². The maximum absolute atomic E-state index is 11.3. The van der Waals surface area contributed by atoms with Crippen molar-refractivity contribution in [1.82, 2.24) is 0 Å². The highest BCUT2D eigenvalue weighted by Crippen LogP contribution is 2.52. The second kappa shape index (κ2) is 13.7. The first-order valence-electron chi connectivity index (χ1n) is 13.4. The summed E-state index contributed by atoms with van der Waals surface area (Å²) in [5.74, 6) is 1.69.